The zero-order valence-corrected chi connectivity index (χ0v) is 16.6. The van der Waals surface area contributed by atoms with Crippen LogP contribution in [-0.2, 0) is 0 Å². The largest absolute Gasteiger partial charge is 0.504 e. The molecule has 2 aromatic heterocycles. The lowest BCUT2D eigenvalue weighted by Gasteiger charge is -2.09. The summed E-state index contributed by atoms with van der Waals surface area (Å²) in [5, 5.41) is 9.85. The number of nitrogens with two attached hydrogens (primary N) is 1. The number of nitrogens with zero attached hydrogens (tertiary/aromatic N) is 3. The fraction of sp³-hybridized carbons (Fsp3) is 0.143. The van der Waals surface area contributed by atoms with E-state index in [0.29, 0.717) is 11.3 Å². The number of carbonyl (C=O) groups is 1. The topological polar surface area (TPSA) is 136 Å². The zero-order valence-electron chi connectivity index (χ0n) is 16.6. The fourth-order valence-electron chi connectivity index (χ4n) is 3.21. The first-order valence-electron chi connectivity index (χ1n) is 9.07. The number of imidazole rings is 1. The highest BCUT2D eigenvalue weighted by atomic mass is 16.5. The molecule has 2 aromatic carbocycles. The number of hydrogen-bond acceptors (Lipinski definition) is 6. The summed E-state index contributed by atoms with van der Waals surface area (Å²) in [5.41, 5.74) is 8.47. The number of aromatic amines is 1. The van der Waals surface area contributed by atoms with E-state index in [1.807, 2.05) is 26.0 Å². The van der Waals surface area contributed by atoms with Gasteiger partial charge < -0.3 is 20.6 Å². The van der Waals surface area contributed by atoms with E-state index in [-0.39, 0.29) is 34.2 Å². The molecule has 4 aromatic rings. The Morgan fingerprint density at radius 1 is 1.13 bits per heavy atom. The Hall–Kier alpha value is -4.14. The summed E-state index contributed by atoms with van der Waals surface area (Å²) >= 11 is 0. The van der Waals surface area contributed by atoms with Crippen molar-refractivity contribution in [2.75, 3.05) is 7.11 Å². The number of primary amides is 1. The van der Waals surface area contributed by atoms with E-state index in [9.17, 15) is 14.7 Å². The van der Waals surface area contributed by atoms with Gasteiger partial charge in [-0.3, -0.25) is 4.79 Å². The molecule has 0 saturated heterocycles. The molecule has 0 unspecified atom stereocenters. The predicted molar refractivity (Wildman–Crippen MR) is 111 cm³/mol. The van der Waals surface area contributed by atoms with Gasteiger partial charge >= 0.3 is 5.69 Å². The van der Waals surface area contributed by atoms with Crippen molar-refractivity contribution in [3.8, 4) is 28.6 Å². The van der Waals surface area contributed by atoms with Gasteiger partial charge in [0.2, 0.25) is 0 Å². The van der Waals surface area contributed by atoms with Crippen LogP contribution >= 0.6 is 0 Å². The second-order valence-corrected chi connectivity index (χ2v) is 6.88. The maximum atomic E-state index is 12.7. The number of rotatable bonds is 4. The maximum Gasteiger partial charge on any atom is 0.332 e. The van der Waals surface area contributed by atoms with Crippen molar-refractivity contribution in [2.24, 2.45) is 5.73 Å². The minimum absolute atomic E-state index is 0.0499. The number of methoxy groups -OCH3 is 1. The number of H-pyrrole nitrogens is 1. The van der Waals surface area contributed by atoms with Crippen LogP contribution in [0.5, 0.6) is 11.5 Å². The van der Waals surface area contributed by atoms with Crippen LogP contribution in [-0.4, -0.2) is 37.6 Å². The Kier molecular flexibility index (Phi) is 4.50. The first kappa shape index (κ1) is 19.2. The maximum absolute atomic E-state index is 12.7. The van der Waals surface area contributed by atoms with Crippen LogP contribution in [0.2, 0.25) is 0 Å². The summed E-state index contributed by atoms with van der Waals surface area (Å²) in [4.78, 5) is 36.2. The molecule has 9 heteroatoms. The van der Waals surface area contributed by atoms with Crippen molar-refractivity contribution in [2.45, 2.75) is 13.8 Å². The summed E-state index contributed by atoms with van der Waals surface area (Å²) in [6.07, 6.45) is 0. The number of fused-ring (bicyclic) bond motifs is 1. The number of phenols is 1. The molecule has 0 atom stereocenters. The highest BCUT2D eigenvalue weighted by Gasteiger charge is 2.21. The summed E-state index contributed by atoms with van der Waals surface area (Å²) in [6, 6.07) is 10.1. The Balaban J connectivity index is 2.04. The van der Waals surface area contributed by atoms with Crippen LogP contribution < -0.4 is 16.2 Å². The molecule has 30 heavy (non-hydrogen) atoms. The summed E-state index contributed by atoms with van der Waals surface area (Å²) in [5.74, 6) is -0.474. The molecule has 4 rings (SSSR count). The van der Waals surface area contributed by atoms with E-state index in [2.05, 4.69) is 15.0 Å². The third-order valence-electron chi connectivity index (χ3n) is 4.96. The van der Waals surface area contributed by atoms with Gasteiger partial charge in [-0.25, -0.2) is 19.3 Å². The Bertz CT molecular complexity index is 1370. The van der Waals surface area contributed by atoms with Gasteiger partial charge in [-0.15, -0.1) is 0 Å². The minimum atomic E-state index is -0.803. The van der Waals surface area contributed by atoms with Crippen LogP contribution in [0.15, 0.2) is 41.2 Å². The SMILES string of the molecule is COc1cc(-c2nc(C(N)=O)c3[nH]c(=O)n(-c4ccc(C)c(C)c4)c3n2)ccc1O. The van der Waals surface area contributed by atoms with Crippen molar-refractivity contribution in [3.63, 3.8) is 0 Å². The molecule has 0 bridgehead atoms. The van der Waals surface area contributed by atoms with Crippen LogP contribution in [0.4, 0.5) is 0 Å². The molecule has 1 amide bonds. The van der Waals surface area contributed by atoms with Crippen molar-refractivity contribution < 1.29 is 14.6 Å². The lowest BCUT2D eigenvalue weighted by atomic mass is 10.1. The van der Waals surface area contributed by atoms with Crippen molar-refractivity contribution in [3.05, 3.63) is 63.7 Å². The number of amides is 1. The van der Waals surface area contributed by atoms with E-state index >= 15 is 0 Å². The highest BCUT2D eigenvalue weighted by Crippen LogP contribution is 2.31. The highest BCUT2D eigenvalue weighted by molar-refractivity contribution is 6.02. The minimum Gasteiger partial charge on any atom is -0.504 e. The Labute approximate surface area is 170 Å². The van der Waals surface area contributed by atoms with Gasteiger partial charge in [0.05, 0.1) is 12.8 Å². The molecule has 9 nitrogen and oxygen atoms in total. The van der Waals surface area contributed by atoms with Crippen LogP contribution in [0.25, 0.3) is 28.2 Å². The molecule has 0 spiro atoms. The number of benzene rings is 2. The molecular formula is C21H19N5O4. The van der Waals surface area contributed by atoms with Crippen LogP contribution in [0.1, 0.15) is 21.6 Å². The number of aromatic nitrogens is 4. The van der Waals surface area contributed by atoms with E-state index < -0.39 is 11.6 Å². The van der Waals surface area contributed by atoms with E-state index in [0.717, 1.165) is 11.1 Å². The number of aryl methyl sites for hydroxylation is 2. The predicted octanol–water partition coefficient (Wildman–Crippen LogP) is 2.21. The summed E-state index contributed by atoms with van der Waals surface area (Å²) in [7, 11) is 1.42. The van der Waals surface area contributed by atoms with Crippen molar-refractivity contribution >= 4 is 17.1 Å². The molecular weight excluding hydrogens is 386 g/mol. The van der Waals surface area contributed by atoms with Crippen molar-refractivity contribution in [1.82, 2.24) is 19.5 Å². The number of phenolic OH excluding ortho intramolecular Hbond substituents is 1. The van der Waals surface area contributed by atoms with Gasteiger partial charge in [0.1, 0.15) is 5.52 Å². The third kappa shape index (κ3) is 3.06. The van der Waals surface area contributed by atoms with Gasteiger partial charge in [0.25, 0.3) is 5.91 Å². The van der Waals surface area contributed by atoms with Crippen molar-refractivity contribution in [1.29, 1.82) is 0 Å². The number of carbonyl (C=O) groups excluding carboxylic acids is 1. The Morgan fingerprint density at radius 3 is 2.57 bits per heavy atom. The molecule has 152 valence electrons. The zero-order chi connectivity index (χ0) is 21.6. The smallest absolute Gasteiger partial charge is 0.332 e. The molecule has 0 aliphatic carbocycles. The number of ether oxygens (including phenoxy) is 1. The van der Waals surface area contributed by atoms with Gasteiger partial charge in [0.15, 0.2) is 28.7 Å². The fourth-order valence-corrected chi connectivity index (χ4v) is 3.21. The molecule has 0 aliphatic rings. The van der Waals surface area contributed by atoms with Gasteiger partial charge in [0, 0.05) is 5.56 Å². The summed E-state index contributed by atoms with van der Waals surface area (Å²) in [6.45, 7) is 3.91. The van der Waals surface area contributed by atoms with E-state index in [4.69, 9.17) is 10.5 Å². The second-order valence-electron chi connectivity index (χ2n) is 6.88. The average molecular weight is 405 g/mol. The molecule has 4 N–H and O–H groups in total. The third-order valence-corrected chi connectivity index (χ3v) is 4.96. The Morgan fingerprint density at radius 2 is 1.90 bits per heavy atom. The number of nitrogens with one attached hydrogen (secondary N) is 1. The lowest BCUT2D eigenvalue weighted by molar-refractivity contribution is 0.0997. The van der Waals surface area contributed by atoms with Crippen LogP contribution in [0, 0.1) is 13.8 Å². The van der Waals surface area contributed by atoms with Crippen LogP contribution in [0.3, 0.4) is 0 Å². The first-order chi connectivity index (χ1) is 14.3. The first-order valence-corrected chi connectivity index (χ1v) is 9.07. The molecule has 0 fully saturated rings. The number of aromatic hydroxyl groups is 1. The van der Waals surface area contributed by atoms with E-state index in [1.54, 1.807) is 12.1 Å². The van der Waals surface area contributed by atoms with Gasteiger partial charge in [-0.2, -0.15) is 0 Å². The van der Waals surface area contributed by atoms with E-state index in [1.165, 1.54) is 23.8 Å². The normalized spacial score (nSPS) is 11.0. The molecule has 2 heterocycles. The van der Waals surface area contributed by atoms with Gasteiger partial charge in [-0.05, 0) is 55.3 Å². The second kappa shape index (κ2) is 7.03. The number of hydrogen-bond donors (Lipinski definition) is 3. The lowest BCUT2D eigenvalue weighted by Crippen LogP contribution is -2.15. The molecule has 0 saturated carbocycles. The van der Waals surface area contributed by atoms with Gasteiger partial charge in [-0.1, -0.05) is 6.07 Å². The molecule has 0 radical (unpaired) electrons. The quantitative estimate of drug-likeness (QED) is 0.476. The summed E-state index contributed by atoms with van der Waals surface area (Å²) < 4.78 is 6.51. The monoisotopic (exact) mass is 405 g/mol. The standard InChI is InChI=1S/C21H19N5O4/c1-10-4-6-13(8-11(10)2)26-20-17(24-21(26)29)16(18(22)28)23-19(25-20)12-5-7-14(27)15(9-12)30-3/h4-9,27H,1-3H3,(H2,22,28)(H,24,29). The average Bonchev–Trinajstić information content (AvgIpc) is 3.05. The molecule has 0 aliphatic heterocycles.